The van der Waals surface area contributed by atoms with E-state index in [1.807, 2.05) is 72.8 Å². The second-order valence-corrected chi connectivity index (χ2v) is 6.20. The van der Waals surface area contributed by atoms with Gasteiger partial charge >= 0.3 is 0 Å². The molecule has 1 heterocycles. The molecule has 1 aromatic heterocycles. The van der Waals surface area contributed by atoms with Crippen LogP contribution >= 0.6 is 0 Å². The SMILES string of the molecule is CO.Nc1cccnc1Nc1ccccc1.O=[N+]([O-])c1ccccc1Nc1ccccc1. The average molecular weight is 431 g/mol. The zero-order valence-corrected chi connectivity index (χ0v) is 17.6. The van der Waals surface area contributed by atoms with Crippen molar-refractivity contribution in [2.45, 2.75) is 0 Å². The molecule has 8 nitrogen and oxygen atoms in total. The number of pyridine rings is 1. The average Bonchev–Trinajstić information content (AvgIpc) is 2.84. The molecule has 164 valence electrons. The van der Waals surface area contributed by atoms with E-state index in [4.69, 9.17) is 10.8 Å². The van der Waals surface area contributed by atoms with Crippen molar-refractivity contribution in [1.82, 2.24) is 4.98 Å². The summed E-state index contributed by atoms with van der Waals surface area (Å²) in [5.74, 6) is 0.693. The number of aliphatic hydroxyl groups excluding tert-OH is 1. The first kappa shape index (κ1) is 23.8. The van der Waals surface area contributed by atoms with E-state index in [0.717, 1.165) is 18.5 Å². The molecular weight excluding hydrogens is 406 g/mol. The molecule has 0 fully saturated rings. The number of rotatable bonds is 5. The molecular formula is C24H25N5O3. The fraction of sp³-hybridized carbons (Fsp3) is 0.0417. The Hall–Kier alpha value is -4.43. The van der Waals surface area contributed by atoms with Crippen molar-refractivity contribution in [2.75, 3.05) is 23.5 Å². The monoisotopic (exact) mass is 431 g/mol. The Labute approximate surface area is 186 Å². The second-order valence-electron chi connectivity index (χ2n) is 6.20. The Morgan fingerprint density at radius 1 is 0.781 bits per heavy atom. The Balaban J connectivity index is 0.000000212. The lowest BCUT2D eigenvalue weighted by atomic mass is 10.2. The minimum atomic E-state index is -0.398. The van der Waals surface area contributed by atoms with E-state index >= 15 is 0 Å². The van der Waals surface area contributed by atoms with E-state index in [1.165, 1.54) is 6.07 Å². The van der Waals surface area contributed by atoms with Crippen LogP contribution in [0.1, 0.15) is 0 Å². The lowest BCUT2D eigenvalue weighted by Crippen LogP contribution is -1.97. The zero-order valence-electron chi connectivity index (χ0n) is 17.6. The van der Waals surface area contributed by atoms with Gasteiger partial charge in [0.1, 0.15) is 5.69 Å². The molecule has 0 aliphatic heterocycles. The van der Waals surface area contributed by atoms with Crippen LogP contribution in [0, 0.1) is 10.1 Å². The molecule has 32 heavy (non-hydrogen) atoms. The highest BCUT2D eigenvalue weighted by Gasteiger charge is 2.11. The van der Waals surface area contributed by atoms with Crippen LogP contribution in [0.5, 0.6) is 0 Å². The Bertz CT molecular complexity index is 1090. The van der Waals surface area contributed by atoms with Crippen molar-refractivity contribution in [3.05, 3.63) is 113 Å². The normalized spacial score (nSPS) is 9.31. The molecule has 0 spiro atoms. The third kappa shape index (κ3) is 7.43. The van der Waals surface area contributed by atoms with Crippen LogP contribution in [0.15, 0.2) is 103 Å². The fourth-order valence-electron chi connectivity index (χ4n) is 2.60. The maximum absolute atomic E-state index is 10.8. The van der Waals surface area contributed by atoms with Crippen LogP contribution in [0.25, 0.3) is 0 Å². The number of nitro groups is 1. The Morgan fingerprint density at radius 2 is 1.31 bits per heavy atom. The second kappa shape index (κ2) is 13.0. The zero-order chi connectivity index (χ0) is 23.2. The van der Waals surface area contributed by atoms with E-state index < -0.39 is 4.92 Å². The Morgan fingerprint density at radius 3 is 1.88 bits per heavy atom. The summed E-state index contributed by atoms with van der Waals surface area (Å²) in [5.41, 5.74) is 8.78. The van der Waals surface area contributed by atoms with Gasteiger partial charge in [0.25, 0.3) is 5.69 Å². The van der Waals surface area contributed by atoms with Gasteiger partial charge in [0, 0.05) is 30.7 Å². The molecule has 0 saturated heterocycles. The number of anilines is 5. The van der Waals surface area contributed by atoms with Crippen LogP contribution in [-0.2, 0) is 0 Å². The summed E-state index contributed by atoms with van der Waals surface area (Å²) in [6.45, 7) is 0. The molecule has 3 aromatic carbocycles. The summed E-state index contributed by atoms with van der Waals surface area (Å²) in [4.78, 5) is 14.5. The van der Waals surface area contributed by atoms with E-state index in [0.29, 0.717) is 17.2 Å². The van der Waals surface area contributed by atoms with Crippen molar-refractivity contribution in [2.24, 2.45) is 0 Å². The molecule has 0 amide bonds. The number of benzene rings is 3. The predicted molar refractivity (Wildman–Crippen MR) is 129 cm³/mol. The van der Waals surface area contributed by atoms with Crippen LogP contribution in [0.3, 0.4) is 0 Å². The molecule has 0 aliphatic rings. The number of hydrogen-bond donors (Lipinski definition) is 4. The third-order valence-corrected chi connectivity index (χ3v) is 4.03. The van der Waals surface area contributed by atoms with E-state index in [1.54, 1.807) is 24.4 Å². The number of aliphatic hydroxyl groups is 1. The van der Waals surface area contributed by atoms with Crippen LogP contribution in [-0.4, -0.2) is 22.1 Å². The number of nitro benzene ring substituents is 1. The highest BCUT2D eigenvalue weighted by atomic mass is 16.6. The number of nitrogens with zero attached hydrogens (tertiary/aromatic N) is 2. The van der Waals surface area contributed by atoms with Crippen LogP contribution in [0.4, 0.5) is 34.3 Å². The molecule has 0 saturated carbocycles. The van der Waals surface area contributed by atoms with Crippen molar-refractivity contribution in [1.29, 1.82) is 0 Å². The predicted octanol–water partition coefficient (Wildman–Crippen LogP) is 5.35. The maximum atomic E-state index is 10.8. The molecule has 0 atom stereocenters. The van der Waals surface area contributed by atoms with E-state index in [2.05, 4.69) is 15.6 Å². The molecule has 0 bridgehead atoms. The van der Waals surface area contributed by atoms with Gasteiger partial charge in [-0.15, -0.1) is 0 Å². The lowest BCUT2D eigenvalue weighted by molar-refractivity contribution is -0.383. The quantitative estimate of drug-likeness (QED) is 0.248. The molecule has 4 aromatic rings. The largest absolute Gasteiger partial charge is 0.400 e. The topological polar surface area (TPSA) is 126 Å². The Kier molecular flexibility index (Phi) is 9.68. The number of hydrogen-bond acceptors (Lipinski definition) is 7. The van der Waals surface area contributed by atoms with E-state index in [-0.39, 0.29) is 5.69 Å². The van der Waals surface area contributed by atoms with Gasteiger partial charge in [0.15, 0.2) is 5.82 Å². The van der Waals surface area contributed by atoms with Crippen LogP contribution < -0.4 is 16.4 Å². The lowest BCUT2D eigenvalue weighted by Gasteiger charge is -2.06. The highest BCUT2D eigenvalue weighted by Crippen LogP contribution is 2.26. The molecule has 0 aliphatic carbocycles. The number of nitrogens with two attached hydrogens (primary N) is 1. The number of nitrogen functional groups attached to an aromatic ring is 1. The fourth-order valence-corrected chi connectivity index (χ4v) is 2.60. The summed E-state index contributed by atoms with van der Waals surface area (Å²) in [6, 6.07) is 29.4. The summed E-state index contributed by atoms with van der Waals surface area (Å²) in [5, 5.41) is 23.9. The first-order chi connectivity index (χ1) is 15.6. The summed E-state index contributed by atoms with van der Waals surface area (Å²) in [6.07, 6.45) is 1.71. The minimum Gasteiger partial charge on any atom is -0.400 e. The molecule has 0 radical (unpaired) electrons. The minimum absolute atomic E-state index is 0.0753. The van der Waals surface area contributed by atoms with Crippen molar-refractivity contribution < 1.29 is 10.0 Å². The number of nitrogens with one attached hydrogen (secondary N) is 2. The van der Waals surface area contributed by atoms with Crippen molar-refractivity contribution in [3.63, 3.8) is 0 Å². The summed E-state index contributed by atoms with van der Waals surface area (Å²) in [7, 11) is 1.00. The van der Waals surface area contributed by atoms with Crippen molar-refractivity contribution in [3.8, 4) is 0 Å². The van der Waals surface area contributed by atoms with Crippen molar-refractivity contribution >= 4 is 34.3 Å². The molecule has 5 N–H and O–H groups in total. The van der Waals surface area contributed by atoms with Crippen LogP contribution in [0.2, 0.25) is 0 Å². The maximum Gasteiger partial charge on any atom is 0.292 e. The summed E-state index contributed by atoms with van der Waals surface area (Å²) >= 11 is 0. The van der Waals surface area contributed by atoms with Gasteiger partial charge < -0.3 is 21.5 Å². The first-order valence-electron chi connectivity index (χ1n) is 9.66. The van der Waals surface area contributed by atoms with Gasteiger partial charge in [0.2, 0.25) is 0 Å². The van der Waals surface area contributed by atoms with Gasteiger partial charge in [-0.1, -0.05) is 48.5 Å². The molecule has 4 rings (SSSR count). The number of aromatic nitrogens is 1. The highest BCUT2D eigenvalue weighted by molar-refractivity contribution is 5.69. The van der Waals surface area contributed by atoms with Gasteiger partial charge in [-0.05, 0) is 42.5 Å². The van der Waals surface area contributed by atoms with Gasteiger partial charge in [-0.2, -0.15) is 0 Å². The third-order valence-electron chi connectivity index (χ3n) is 4.03. The summed E-state index contributed by atoms with van der Waals surface area (Å²) < 4.78 is 0. The number of para-hydroxylation sites is 4. The van der Waals surface area contributed by atoms with Gasteiger partial charge in [-0.25, -0.2) is 4.98 Å². The van der Waals surface area contributed by atoms with E-state index in [9.17, 15) is 10.1 Å². The van der Waals surface area contributed by atoms with Gasteiger partial charge in [0.05, 0.1) is 10.6 Å². The first-order valence-corrected chi connectivity index (χ1v) is 9.66. The smallest absolute Gasteiger partial charge is 0.292 e. The molecule has 8 heteroatoms. The van der Waals surface area contributed by atoms with Gasteiger partial charge in [-0.3, -0.25) is 10.1 Å². The standard InChI is InChI=1S/C12H10N2O2.C11H11N3.CH4O/c15-14(16)12-9-5-4-8-11(12)13-10-6-2-1-3-7-10;12-10-7-4-8-13-11(10)14-9-5-2-1-3-6-9;1-2/h1-9,13H;1-8H,12H2,(H,13,14);2H,1H3. The molecule has 0 unspecified atom stereocenters.